The molecule has 0 amide bonds. The summed E-state index contributed by atoms with van der Waals surface area (Å²) in [6.07, 6.45) is 4.74. The van der Waals surface area contributed by atoms with Gasteiger partial charge < -0.3 is 15.4 Å². The number of rotatable bonds is 6. The summed E-state index contributed by atoms with van der Waals surface area (Å²) in [5.74, 6) is 1.09. The Labute approximate surface area is 122 Å². The Bertz CT molecular complexity index is 414. The zero-order valence-electron chi connectivity index (χ0n) is 12.8. The zero-order chi connectivity index (χ0) is 14.4. The number of hydrogen-bond donors (Lipinski definition) is 1. The molecule has 20 heavy (non-hydrogen) atoms. The molecule has 4 nitrogen and oxygen atoms in total. The van der Waals surface area contributed by atoms with Gasteiger partial charge in [-0.15, -0.1) is 0 Å². The van der Waals surface area contributed by atoms with Gasteiger partial charge in [0.2, 0.25) is 0 Å². The molecule has 2 N–H and O–H groups in total. The SMILES string of the molecule is CCCc1cc(CN)cc(N2CCC(OCC)CC2)n1. The van der Waals surface area contributed by atoms with Crippen molar-refractivity contribution in [3.8, 4) is 0 Å². The minimum Gasteiger partial charge on any atom is -0.378 e. The Kier molecular flexibility index (Phi) is 5.80. The monoisotopic (exact) mass is 277 g/mol. The average molecular weight is 277 g/mol. The van der Waals surface area contributed by atoms with Gasteiger partial charge in [0.25, 0.3) is 0 Å². The molecule has 112 valence electrons. The summed E-state index contributed by atoms with van der Waals surface area (Å²) < 4.78 is 5.71. The summed E-state index contributed by atoms with van der Waals surface area (Å²) in [6.45, 7) is 7.70. The van der Waals surface area contributed by atoms with E-state index in [0.717, 1.165) is 56.9 Å². The number of pyridine rings is 1. The van der Waals surface area contributed by atoms with Gasteiger partial charge in [0, 0.05) is 31.9 Å². The van der Waals surface area contributed by atoms with E-state index in [2.05, 4.69) is 30.9 Å². The lowest BCUT2D eigenvalue weighted by Crippen LogP contribution is -2.37. The van der Waals surface area contributed by atoms with Crippen LogP contribution < -0.4 is 10.6 Å². The van der Waals surface area contributed by atoms with Gasteiger partial charge in [-0.1, -0.05) is 13.3 Å². The van der Waals surface area contributed by atoms with E-state index < -0.39 is 0 Å². The van der Waals surface area contributed by atoms with Crippen LogP contribution in [0.1, 0.15) is 44.4 Å². The highest BCUT2D eigenvalue weighted by Gasteiger charge is 2.20. The number of aromatic nitrogens is 1. The smallest absolute Gasteiger partial charge is 0.129 e. The van der Waals surface area contributed by atoms with E-state index in [4.69, 9.17) is 15.5 Å². The summed E-state index contributed by atoms with van der Waals surface area (Å²) in [5, 5.41) is 0. The van der Waals surface area contributed by atoms with Crippen LogP contribution in [-0.2, 0) is 17.7 Å². The summed E-state index contributed by atoms with van der Waals surface area (Å²) >= 11 is 0. The Morgan fingerprint density at radius 3 is 2.65 bits per heavy atom. The Hall–Kier alpha value is -1.13. The van der Waals surface area contributed by atoms with Crippen molar-refractivity contribution in [2.24, 2.45) is 5.73 Å². The van der Waals surface area contributed by atoms with Gasteiger partial charge in [-0.2, -0.15) is 0 Å². The van der Waals surface area contributed by atoms with Crippen LogP contribution in [0.4, 0.5) is 5.82 Å². The first-order valence-corrected chi connectivity index (χ1v) is 7.83. The molecule has 2 heterocycles. The molecule has 0 atom stereocenters. The van der Waals surface area contributed by atoms with Crippen LogP contribution in [0.15, 0.2) is 12.1 Å². The number of aryl methyl sites for hydroxylation is 1. The van der Waals surface area contributed by atoms with Crippen molar-refractivity contribution in [1.82, 2.24) is 4.98 Å². The van der Waals surface area contributed by atoms with Crippen LogP contribution in [0.2, 0.25) is 0 Å². The maximum Gasteiger partial charge on any atom is 0.129 e. The van der Waals surface area contributed by atoms with Gasteiger partial charge in [0.1, 0.15) is 5.82 Å². The number of hydrogen-bond acceptors (Lipinski definition) is 4. The molecule has 0 aromatic carbocycles. The van der Waals surface area contributed by atoms with Gasteiger partial charge in [-0.25, -0.2) is 4.98 Å². The fourth-order valence-electron chi connectivity index (χ4n) is 2.78. The van der Waals surface area contributed by atoms with Crippen LogP contribution >= 0.6 is 0 Å². The van der Waals surface area contributed by atoms with Gasteiger partial charge in [0.15, 0.2) is 0 Å². The second-order valence-electron chi connectivity index (χ2n) is 5.42. The maximum atomic E-state index is 5.81. The Morgan fingerprint density at radius 2 is 2.05 bits per heavy atom. The first kappa shape index (κ1) is 15.3. The van der Waals surface area contributed by atoms with Gasteiger partial charge in [-0.05, 0) is 43.9 Å². The van der Waals surface area contributed by atoms with Crippen molar-refractivity contribution in [3.63, 3.8) is 0 Å². The molecule has 0 saturated carbocycles. The molecule has 0 spiro atoms. The van der Waals surface area contributed by atoms with Crippen molar-refractivity contribution in [2.75, 3.05) is 24.6 Å². The Balaban J connectivity index is 2.06. The highest BCUT2D eigenvalue weighted by Crippen LogP contribution is 2.22. The molecule has 1 saturated heterocycles. The van der Waals surface area contributed by atoms with E-state index in [-0.39, 0.29) is 0 Å². The minimum atomic E-state index is 0.420. The van der Waals surface area contributed by atoms with Crippen molar-refractivity contribution in [1.29, 1.82) is 0 Å². The lowest BCUT2D eigenvalue weighted by molar-refractivity contribution is 0.0458. The molecule has 1 aliphatic heterocycles. The van der Waals surface area contributed by atoms with Crippen molar-refractivity contribution in [2.45, 2.75) is 52.2 Å². The fourth-order valence-corrected chi connectivity index (χ4v) is 2.78. The second-order valence-corrected chi connectivity index (χ2v) is 5.42. The minimum absolute atomic E-state index is 0.420. The van der Waals surface area contributed by atoms with E-state index in [9.17, 15) is 0 Å². The van der Waals surface area contributed by atoms with Crippen LogP contribution in [0.5, 0.6) is 0 Å². The Morgan fingerprint density at radius 1 is 1.30 bits per heavy atom. The second kappa shape index (κ2) is 7.60. The molecule has 0 radical (unpaired) electrons. The van der Waals surface area contributed by atoms with E-state index in [1.807, 2.05) is 0 Å². The average Bonchev–Trinajstić information content (AvgIpc) is 2.48. The predicted octanol–water partition coefficient (Wildman–Crippen LogP) is 2.50. The molecule has 2 rings (SSSR count). The standard InChI is InChI=1S/C16H27N3O/c1-3-5-14-10-13(12-17)11-16(18-14)19-8-6-15(7-9-19)20-4-2/h10-11,15H,3-9,12,17H2,1-2H3. The summed E-state index contributed by atoms with van der Waals surface area (Å²) in [6, 6.07) is 4.28. The molecular weight excluding hydrogens is 250 g/mol. The first-order valence-electron chi connectivity index (χ1n) is 7.83. The van der Waals surface area contributed by atoms with Crippen molar-refractivity contribution >= 4 is 5.82 Å². The van der Waals surface area contributed by atoms with Crippen LogP contribution in [0, 0.1) is 0 Å². The van der Waals surface area contributed by atoms with E-state index in [1.54, 1.807) is 0 Å². The molecule has 0 bridgehead atoms. The normalized spacial score (nSPS) is 16.6. The molecular formula is C16H27N3O. The third-order valence-electron chi connectivity index (χ3n) is 3.83. The number of nitrogens with two attached hydrogens (primary N) is 1. The van der Waals surface area contributed by atoms with Crippen LogP contribution in [0.25, 0.3) is 0 Å². The predicted molar refractivity (Wildman–Crippen MR) is 83.0 cm³/mol. The number of anilines is 1. The summed E-state index contributed by atoms with van der Waals surface area (Å²) in [5.41, 5.74) is 8.16. The van der Waals surface area contributed by atoms with Gasteiger partial charge >= 0.3 is 0 Å². The number of piperidine rings is 1. The van der Waals surface area contributed by atoms with Gasteiger partial charge in [0.05, 0.1) is 6.10 Å². The summed E-state index contributed by atoms with van der Waals surface area (Å²) in [4.78, 5) is 7.16. The van der Waals surface area contributed by atoms with Crippen molar-refractivity contribution in [3.05, 3.63) is 23.4 Å². The fraction of sp³-hybridized carbons (Fsp3) is 0.688. The van der Waals surface area contributed by atoms with Crippen LogP contribution in [-0.4, -0.2) is 30.8 Å². The number of nitrogens with zero attached hydrogens (tertiary/aromatic N) is 2. The third kappa shape index (κ3) is 3.93. The van der Waals surface area contributed by atoms with E-state index in [1.165, 1.54) is 5.56 Å². The van der Waals surface area contributed by atoms with Gasteiger partial charge in [-0.3, -0.25) is 0 Å². The molecule has 4 heteroatoms. The summed E-state index contributed by atoms with van der Waals surface area (Å²) in [7, 11) is 0. The molecule has 1 fully saturated rings. The largest absolute Gasteiger partial charge is 0.378 e. The first-order chi connectivity index (χ1) is 9.76. The number of ether oxygens (including phenoxy) is 1. The highest BCUT2D eigenvalue weighted by atomic mass is 16.5. The van der Waals surface area contributed by atoms with E-state index in [0.29, 0.717) is 12.6 Å². The quantitative estimate of drug-likeness (QED) is 0.868. The van der Waals surface area contributed by atoms with Crippen LogP contribution in [0.3, 0.4) is 0 Å². The highest BCUT2D eigenvalue weighted by molar-refractivity contribution is 5.43. The molecule has 1 aliphatic rings. The molecule has 0 aliphatic carbocycles. The molecule has 0 unspecified atom stereocenters. The maximum absolute atomic E-state index is 5.81. The topological polar surface area (TPSA) is 51.4 Å². The molecule has 1 aromatic rings. The lowest BCUT2D eigenvalue weighted by Gasteiger charge is -2.33. The lowest BCUT2D eigenvalue weighted by atomic mass is 10.1. The van der Waals surface area contributed by atoms with E-state index >= 15 is 0 Å². The molecule has 1 aromatic heterocycles. The third-order valence-corrected chi connectivity index (χ3v) is 3.83. The van der Waals surface area contributed by atoms with Crippen molar-refractivity contribution < 1.29 is 4.74 Å². The zero-order valence-corrected chi connectivity index (χ0v) is 12.8.